The Balaban J connectivity index is 1.98. The Morgan fingerprint density at radius 1 is 1.33 bits per heavy atom. The third-order valence-electron chi connectivity index (χ3n) is 4.17. The molecule has 0 aliphatic carbocycles. The lowest BCUT2D eigenvalue weighted by molar-refractivity contribution is 0.267. The average molecular weight is 328 g/mol. The van der Waals surface area contributed by atoms with Gasteiger partial charge in [-0.2, -0.15) is 5.10 Å². The van der Waals surface area contributed by atoms with E-state index in [1.807, 2.05) is 36.0 Å². The standard InChI is InChI=1S/C18H24N4O2/c1-4-6-12(3)22-18-15(10-19-22)20-17(21-18)13-7-8-16(24-5-2)14(9-13)11-23/h7-10,12,23H,4-6,11H2,1-3H3,(H,20,21). The number of rotatable bonds is 7. The summed E-state index contributed by atoms with van der Waals surface area (Å²) >= 11 is 0. The van der Waals surface area contributed by atoms with Crippen LogP contribution in [0, 0.1) is 0 Å². The second-order valence-corrected chi connectivity index (χ2v) is 5.96. The SMILES string of the molecule is CCCC(C)n1ncc2[nH]c(-c3ccc(OCC)c(CO)c3)nc21. The molecule has 0 saturated heterocycles. The van der Waals surface area contributed by atoms with E-state index in [4.69, 9.17) is 9.72 Å². The molecule has 24 heavy (non-hydrogen) atoms. The molecule has 3 rings (SSSR count). The summed E-state index contributed by atoms with van der Waals surface area (Å²) in [5, 5.41) is 14.0. The molecule has 0 aliphatic heterocycles. The molecule has 1 aromatic carbocycles. The number of hydrogen-bond acceptors (Lipinski definition) is 4. The van der Waals surface area contributed by atoms with Crippen LogP contribution in [0.5, 0.6) is 5.75 Å². The van der Waals surface area contributed by atoms with Gasteiger partial charge in [0.05, 0.1) is 25.5 Å². The second kappa shape index (κ2) is 7.05. The summed E-state index contributed by atoms with van der Waals surface area (Å²) in [6, 6.07) is 6.06. The Hall–Kier alpha value is -2.34. The molecule has 128 valence electrons. The molecule has 2 heterocycles. The van der Waals surface area contributed by atoms with E-state index in [-0.39, 0.29) is 6.61 Å². The van der Waals surface area contributed by atoms with Crippen LogP contribution >= 0.6 is 0 Å². The molecule has 6 heteroatoms. The number of ether oxygens (including phenoxy) is 1. The minimum Gasteiger partial charge on any atom is -0.494 e. The normalized spacial score (nSPS) is 12.7. The van der Waals surface area contributed by atoms with Crippen molar-refractivity contribution in [1.29, 1.82) is 0 Å². The number of fused-ring (bicyclic) bond motifs is 1. The van der Waals surface area contributed by atoms with Gasteiger partial charge >= 0.3 is 0 Å². The molecule has 0 spiro atoms. The van der Waals surface area contributed by atoms with E-state index in [1.54, 1.807) is 0 Å². The third kappa shape index (κ3) is 3.01. The lowest BCUT2D eigenvalue weighted by atomic mass is 10.1. The van der Waals surface area contributed by atoms with Gasteiger partial charge in [-0.25, -0.2) is 9.67 Å². The molecule has 0 bridgehead atoms. The van der Waals surface area contributed by atoms with Gasteiger partial charge in [0.25, 0.3) is 0 Å². The van der Waals surface area contributed by atoms with Crippen molar-refractivity contribution in [3.05, 3.63) is 30.0 Å². The third-order valence-corrected chi connectivity index (χ3v) is 4.17. The maximum absolute atomic E-state index is 9.57. The molecule has 3 aromatic rings. The molecular weight excluding hydrogens is 304 g/mol. The highest BCUT2D eigenvalue weighted by molar-refractivity contribution is 5.76. The summed E-state index contributed by atoms with van der Waals surface area (Å²) < 4.78 is 7.51. The molecule has 2 N–H and O–H groups in total. The second-order valence-electron chi connectivity index (χ2n) is 5.96. The molecule has 6 nitrogen and oxygen atoms in total. The van der Waals surface area contributed by atoms with Gasteiger partial charge in [0.15, 0.2) is 5.65 Å². The summed E-state index contributed by atoms with van der Waals surface area (Å²) in [5.41, 5.74) is 3.47. The maximum atomic E-state index is 9.57. The number of imidazole rings is 1. The van der Waals surface area contributed by atoms with Crippen molar-refractivity contribution >= 4 is 11.2 Å². The molecule has 0 amide bonds. The summed E-state index contributed by atoms with van der Waals surface area (Å²) in [5.74, 6) is 1.49. The largest absolute Gasteiger partial charge is 0.494 e. The number of hydrogen-bond donors (Lipinski definition) is 2. The van der Waals surface area contributed by atoms with E-state index in [1.165, 1.54) is 0 Å². The first-order valence-corrected chi connectivity index (χ1v) is 8.48. The first kappa shape index (κ1) is 16.5. The average Bonchev–Trinajstić information content (AvgIpc) is 3.16. The monoisotopic (exact) mass is 328 g/mol. The molecule has 0 radical (unpaired) electrons. The summed E-state index contributed by atoms with van der Waals surface area (Å²) in [7, 11) is 0. The van der Waals surface area contributed by atoms with Crippen molar-refractivity contribution < 1.29 is 9.84 Å². The highest BCUT2D eigenvalue weighted by Gasteiger charge is 2.15. The lowest BCUT2D eigenvalue weighted by Gasteiger charge is -2.10. The number of benzene rings is 1. The van der Waals surface area contributed by atoms with Gasteiger partial charge in [0, 0.05) is 11.1 Å². The highest BCUT2D eigenvalue weighted by atomic mass is 16.5. The van der Waals surface area contributed by atoms with Crippen LogP contribution in [0.2, 0.25) is 0 Å². The molecule has 1 unspecified atom stereocenters. The van der Waals surface area contributed by atoms with Crippen LogP contribution in [-0.4, -0.2) is 31.5 Å². The first-order chi connectivity index (χ1) is 11.7. The summed E-state index contributed by atoms with van der Waals surface area (Å²) in [6.45, 7) is 6.76. The van der Waals surface area contributed by atoms with Gasteiger partial charge in [0.1, 0.15) is 17.1 Å². The minimum absolute atomic E-state index is 0.0648. The number of aromatic amines is 1. The lowest BCUT2D eigenvalue weighted by Crippen LogP contribution is -2.06. The fraction of sp³-hybridized carbons (Fsp3) is 0.444. The Kier molecular flexibility index (Phi) is 4.85. The van der Waals surface area contributed by atoms with Gasteiger partial charge in [-0.1, -0.05) is 13.3 Å². The molecule has 0 saturated carbocycles. The van der Waals surface area contributed by atoms with Crippen LogP contribution in [0.15, 0.2) is 24.4 Å². The van der Waals surface area contributed by atoms with E-state index in [9.17, 15) is 5.11 Å². The van der Waals surface area contributed by atoms with Crippen molar-refractivity contribution in [3.63, 3.8) is 0 Å². The van der Waals surface area contributed by atoms with E-state index in [2.05, 4.69) is 23.9 Å². The van der Waals surface area contributed by atoms with Gasteiger partial charge in [0.2, 0.25) is 0 Å². The number of aromatic nitrogens is 4. The predicted octanol–water partition coefficient (Wildman–Crippen LogP) is 3.68. The Bertz CT molecular complexity index is 822. The zero-order valence-electron chi connectivity index (χ0n) is 14.4. The van der Waals surface area contributed by atoms with Crippen LogP contribution in [0.4, 0.5) is 0 Å². The zero-order chi connectivity index (χ0) is 17.1. The first-order valence-electron chi connectivity index (χ1n) is 8.48. The number of H-pyrrole nitrogens is 1. The van der Waals surface area contributed by atoms with Crippen molar-refractivity contribution in [2.45, 2.75) is 46.3 Å². The van der Waals surface area contributed by atoms with Crippen LogP contribution in [-0.2, 0) is 6.61 Å². The van der Waals surface area contributed by atoms with Crippen molar-refractivity contribution in [2.24, 2.45) is 0 Å². The fourth-order valence-corrected chi connectivity index (χ4v) is 2.96. The fourth-order valence-electron chi connectivity index (χ4n) is 2.96. The maximum Gasteiger partial charge on any atom is 0.177 e. The van der Waals surface area contributed by atoms with Gasteiger partial charge in [-0.15, -0.1) is 0 Å². The van der Waals surface area contributed by atoms with Crippen LogP contribution < -0.4 is 4.74 Å². The Morgan fingerprint density at radius 2 is 2.17 bits per heavy atom. The molecule has 0 aliphatic rings. The zero-order valence-corrected chi connectivity index (χ0v) is 14.4. The minimum atomic E-state index is -0.0648. The van der Waals surface area contributed by atoms with Gasteiger partial charge < -0.3 is 14.8 Å². The Morgan fingerprint density at radius 3 is 2.88 bits per heavy atom. The summed E-state index contributed by atoms with van der Waals surface area (Å²) in [4.78, 5) is 8.03. The van der Waals surface area contributed by atoms with E-state index in [0.717, 1.165) is 41.0 Å². The number of aliphatic hydroxyl groups is 1. The van der Waals surface area contributed by atoms with Crippen molar-refractivity contribution in [3.8, 4) is 17.1 Å². The molecule has 2 aromatic heterocycles. The number of aliphatic hydroxyl groups excluding tert-OH is 1. The van der Waals surface area contributed by atoms with Crippen LogP contribution in [0.3, 0.4) is 0 Å². The smallest absolute Gasteiger partial charge is 0.177 e. The topological polar surface area (TPSA) is 76.0 Å². The van der Waals surface area contributed by atoms with Crippen LogP contribution in [0.1, 0.15) is 45.2 Å². The number of nitrogens with zero attached hydrogens (tertiary/aromatic N) is 3. The van der Waals surface area contributed by atoms with E-state index >= 15 is 0 Å². The number of nitrogens with one attached hydrogen (secondary N) is 1. The summed E-state index contributed by atoms with van der Waals surface area (Å²) in [6.07, 6.45) is 3.99. The Labute approximate surface area is 141 Å². The predicted molar refractivity (Wildman–Crippen MR) is 94.0 cm³/mol. The van der Waals surface area contributed by atoms with E-state index in [0.29, 0.717) is 18.4 Å². The highest BCUT2D eigenvalue weighted by Crippen LogP contribution is 2.28. The van der Waals surface area contributed by atoms with Gasteiger partial charge in [-0.05, 0) is 38.5 Å². The van der Waals surface area contributed by atoms with Crippen molar-refractivity contribution in [2.75, 3.05) is 6.61 Å². The molecule has 1 atom stereocenters. The molecular formula is C18H24N4O2. The van der Waals surface area contributed by atoms with Gasteiger partial charge in [-0.3, -0.25) is 0 Å². The van der Waals surface area contributed by atoms with Crippen molar-refractivity contribution in [1.82, 2.24) is 19.7 Å². The van der Waals surface area contributed by atoms with Crippen LogP contribution in [0.25, 0.3) is 22.6 Å². The molecule has 0 fully saturated rings. The quantitative estimate of drug-likeness (QED) is 0.694. The van der Waals surface area contributed by atoms with E-state index < -0.39 is 0 Å².